The second kappa shape index (κ2) is 5.07. The Morgan fingerprint density at radius 1 is 1.56 bits per heavy atom. The van der Waals surface area contributed by atoms with Gasteiger partial charge < -0.3 is 4.98 Å². The molecule has 1 unspecified atom stereocenters. The molecule has 1 aromatic heterocycles. The van der Waals surface area contributed by atoms with Crippen LogP contribution in [0.5, 0.6) is 0 Å². The number of nitrogens with one attached hydrogen (secondary N) is 2. The van der Waals surface area contributed by atoms with E-state index >= 15 is 0 Å². The summed E-state index contributed by atoms with van der Waals surface area (Å²) in [7, 11) is -3.72. The highest BCUT2D eigenvalue weighted by molar-refractivity contribution is 8.01. The number of aromatic nitrogens is 1. The summed E-state index contributed by atoms with van der Waals surface area (Å²) in [5.41, 5.74) is -0.495. The molecule has 1 fully saturated rings. The van der Waals surface area contributed by atoms with Crippen molar-refractivity contribution in [1.29, 1.82) is 0 Å². The predicted molar refractivity (Wildman–Crippen MR) is 72.3 cm³/mol. The first kappa shape index (κ1) is 13.6. The smallest absolute Gasteiger partial charge is 0.245 e. The third kappa shape index (κ3) is 2.96. The molecule has 0 aliphatic carbocycles. The van der Waals surface area contributed by atoms with Crippen molar-refractivity contribution < 1.29 is 8.42 Å². The molecule has 0 amide bonds. The van der Waals surface area contributed by atoms with Gasteiger partial charge in [-0.25, -0.2) is 13.1 Å². The van der Waals surface area contributed by atoms with Crippen LogP contribution in [0.1, 0.15) is 19.8 Å². The fraction of sp³-hybridized carbons (Fsp3) is 0.545. The molecule has 2 heterocycles. The maximum absolute atomic E-state index is 12.0. The van der Waals surface area contributed by atoms with Crippen molar-refractivity contribution in [2.45, 2.75) is 29.4 Å². The summed E-state index contributed by atoms with van der Waals surface area (Å²) in [4.78, 5) is 13.9. The van der Waals surface area contributed by atoms with E-state index in [0.29, 0.717) is 6.54 Å². The predicted octanol–water partition coefficient (Wildman–Crippen LogP) is 0.939. The summed E-state index contributed by atoms with van der Waals surface area (Å²) in [5, 5.41) is 0. The molecule has 1 aliphatic heterocycles. The Morgan fingerprint density at radius 3 is 2.94 bits per heavy atom. The molecule has 1 atom stereocenters. The van der Waals surface area contributed by atoms with Gasteiger partial charge in [0.2, 0.25) is 15.5 Å². The molecule has 1 aliphatic rings. The largest absolute Gasteiger partial charge is 0.366 e. The first-order chi connectivity index (χ1) is 8.43. The van der Waals surface area contributed by atoms with Crippen molar-refractivity contribution in [2.24, 2.45) is 0 Å². The highest BCUT2D eigenvalue weighted by Gasteiger charge is 2.31. The zero-order valence-electron chi connectivity index (χ0n) is 10.1. The van der Waals surface area contributed by atoms with Crippen molar-refractivity contribution in [2.75, 3.05) is 12.3 Å². The Hall–Kier alpha value is -0.790. The van der Waals surface area contributed by atoms with Crippen LogP contribution in [0.25, 0.3) is 0 Å². The van der Waals surface area contributed by atoms with Crippen LogP contribution in [-0.2, 0) is 10.0 Å². The number of rotatable bonds is 4. The van der Waals surface area contributed by atoms with Gasteiger partial charge in [0.15, 0.2) is 0 Å². The summed E-state index contributed by atoms with van der Waals surface area (Å²) in [5.74, 6) is 1.06. The number of H-pyrrole nitrogens is 1. The molecular weight excluding hydrogens is 272 g/mol. The second-order valence-electron chi connectivity index (χ2n) is 4.60. The average molecular weight is 288 g/mol. The van der Waals surface area contributed by atoms with E-state index in [1.165, 1.54) is 18.5 Å². The van der Waals surface area contributed by atoms with Crippen LogP contribution in [-0.4, -0.2) is 30.4 Å². The molecule has 7 heteroatoms. The Kier molecular flexibility index (Phi) is 3.84. The van der Waals surface area contributed by atoms with Crippen molar-refractivity contribution in [3.63, 3.8) is 0 Å². The fourth-order valence-electron chi connectivity index (χ4n) is 1.91. The van der Waals surface area contributed by atoms with Crippen LogP contribution in [0, 0.1) is 0 Å². The van der Waals surface area contributed by atoms with Gasteiger partial charge in [0.25, 0.3) is 0 Å². The van der Waals surface area contributed by atoms with Crippen molar-refractivity contribution >= 4 is 21.8 Å². The van der Waals surface area contributed by atoms with Gasteiger partial charge in [-0.1, -0.05) is 0 Å². The van der Waals surface area contributed by atoms with Crippen molar-refractivity contribution in [3.8, 4) is 0 Å². The molecule has 18 heavy (non-hydrogen) atoms. The van der Waals surface area contributed by atoms with Crippen LogP contribution >= 0.6 is 11.8 Å². The second-order valence-corrected chi connectivity index (χ2v) is 8.02. The van der Waals surface area contributed by atoms with Gasteiger partial charge >= 0.3 is 0 Å². The Morgan fingerprint density at radius 2 is 2.33 bits per heavy atom. The lowest BCUT2D eigenvalue weighted by Gasteiger charge is -2.22. The van der Waals surface area contributed by atoms with E-state index in [2.05, 4.69) is 9.71 Å². The Balaban J connectivity index is 2.13. The Labute approximate surface area is 110 Å². The van der Waals surface area contributed by atoms with Gasteiger partial charge in [0.1, 0.15) is 4.90 Å². The van der Waals surface area contributed by atoms with Crippen LogP contribution in [0.3, 0.4) is 0 Å². The first-order valence-electron chi connectivity index (χ1n) is 5.74. The molecule has 2 N–H and O–H groups in total. The molecule has 0 saturated carbocycles. The lowest BCUT2D eigenvalue weighted by Crippen LogP contribution is -2.38. The maximum atomic E-state index is 12.0. The third-order valence-corrected chi connectivity index (χ3v) is 5.97. The molecule has 0 aromatic carbocycles. The van der Waals surface area contributed by atoms with E-state index in [1.54, 1.807) is 11.8 Å². The summed E-state index contributed by atoms with van der Waals surface area (Å²) in [6.07, 6.45) is 4.73. The number of pyridine rings is 1. The summed E-state index contributed by atoms with van der Waals surface area (Å²) in [6, 6.07) is 1.21. The van der Waals surface area contributed by atoms with Crippen molar-refractivity contribution in [1.82, 2.24) is 9.71 Å². The van der Waals surface area contributed by atoms with Crippen LogP contribution in [0.4, 0.5) is 0 Å². The van der Waals surface area contributed by atoms with E-state index in [9.17, 15) is 13.2 Å². The van der Waals surface area contributed by atoms with Gasteiger partial charge in [-0.2, -0.15) is 11.8 Å². The summed E-state index contributed by atoms with van der Waals surface area (Å²) >= 11 is 1.77. The molecule has 1 aromatic rings. The molecule has 0 spiro atoms. The Bertz CT molecular complexity index is 574. The molecule has 5 nitrogen and oxygen atoms in total. The van der Waals surface area contributed by atoms with E-state index < -0.39 is 15.5 Å². The SMILES string of the molecule is CC1(CNS(=O)(=O)c2c[nH]ccc2=O)CCCS1. The minimum Gasteiger partial charge on any atom is -0.366 e. The van der Waals surface area contributed by atoms with Gasteiger partial charge in [-0.3, -0.25) is 4.79 Å². The van der Waals surface area contributed by atoms with E-state index in [-0.39, 0.29) is 9.64 Å². The molecule has 0 bridgehead atoms. The molecule has 100 valence electrons. The number of hydrogen-bond donors (Lipinski definition) is 2. The molecule has 2 rings (SSSR count). The zero-order valence-corrected chi connectivity index (χ0v) is 11.7. The average Bonchev–Trinajstić information content (AvgIpc) is 2.75. The van der Waals surface area contributed by atoms with Gasteiger partial charge in [0, 0.05) is 29.8 Å². The third-order valence-electron chi connectivity index (χ3n) is 3.01. The number of hydrogen-bond acceptors (Lipinski definition) is 4. The highest BCUT2D eigenvalue weighted by Crippen LogP contribution is 2.37. The van der Waals surface area contributed by atoms with Crippen LogP contribution < -0.4 is 10.2 Å². The topological polar surface area (TPSA) is 79.0 Å². The number of sulfonamides is 1. The van der Waals surface area contributed by atoms with Crippen molar-refractivity contribution in [3.05, 3.63) is 28.7 Å². The lowest BCUT2D eigenvalue weighted by atomic mass is 10.1. The minimum atomic E-state index is -3.72. The van der Waals surface area contributed by atoms with Gasteiger partial charge in [-0.05, 0) is 25.5 Å². The van der Waals surface area contributed by atoms with Gasteiger partial charge in [-0.15, -0.1) is 0 Å². The van der Waals surface area contributed by atoms with E-state index in [1.807, 2.05) is 6.92 Å². The molecule has 0 radical (unpaired) electrons. The highest BCUT2D eigenvalue weighted by atomic mass is 32.2. The molecular formula is C11H16N2O3S2. The molecule has 1 saturated heterocycles. The van der Waals surface area contributed by atoms with Gasteiger partial charge in [0.05, 0.1) is 0 Å². The van der Waals surface area contributed by atoms with E-state index in [4.69, 9.17) is 0 Å². The number of aromatic amines is 1. The number of thioether (sulfide) groups is 1. The summed E-state index contributed by atoms with van der Waals surface area (Å²) < 4.78 is 26.5. The minimum absolute atomic E-state index is 0.0609. The zero-order chi connectivity index (χ0) is 13.2. The van der Waals surface area contributed by atoms with Crippen LogP contribution in [0.15, 0.2) is 28.2 Å². The fourth-order valence-corrected chi connectivity index (χ4v) is 4.47. The van der Waals surface area contributed by atoms with E-state index in [0.717, 1.165) is 18.6 Å². The lowest BCUT2D eigenvalue weighted by molar-refractivity contribution is 0.551. The maximum Gasteiger partial charge on any atom is 0.245 e. The first-order valence-corrected chi connectivity index (χ1v) is 8.21. The van der Waals surface area contributed by atoms with Crippen LogP contribution in [0.2, 0.25) is 0 Å². The monoisotopic (exact) mass is 288 g/mol. The standard InChI is InChI=1S/C11H16N2O3S2/c1-11(4-2-6-17-11)8-13-18(15,16)10-7-12-5-3-9(10)14/h3,5,7,13H,2,4,6,8H2,1H3,(H,12,14). The normalized spacial score (nSPS) is 24.3. The quantitative estimate of drug-likeness (QED) is 0.864. The summed E-state index contributed by atoms with van der Waals surface area (Å²) in [6.45, 7) is 2.40.